The van der Waals surface area contributed by atoms with Crippen LogP contribution in [0.3, 0.4) is 0 Å². The van der Waals surface area contributed by atoms with Gasteiger partial charge in [-0.1, -0.05) is 54.6 Å². The van der Waals surface area contributed by atoms with E-state index in [1.807, 2.05) is 48.5 Å². The number of fused-ring (bicyclic) bond motifs is 4. The van der Waals surface area contributed by atoms with Crippen molar-refractivity contribution in [3.05, 3.63) is 90.0 Å². The Balaban J connectivity index is 1.13. The number of ether oxygens (including phenoxy) is 4. The zero-order valence-corrected chi connectivity index (χ0v) is 32.2. The number of nitrogens with zero attached hydrogens (tertiary/aromatic N) is 5. The Labute approximate surface area is 325 Å². The summed E-state index contributed by atoms with van der Waals surface area (Å²) in [6.45, 7) is 9.75. The normalized spacial score (nSPS) is 22.5. The van der Waals surface area contributed by atoms with Crippen molar-refractivity contribution in [2.45, 2.75) is 56.8 Å². The molecule has 9 rings (SSSR count). The lowest BCUT2D eigenvalue weighted by atomic mass is 9.89. The molecule has 3 aliphatic heterocycles. The van der Waals surface area contributed by atoms with Gasteiger partial charge in [0, 0.05) is 62.2 Å². The fraction of sp³-hybridized carbons (Fsp3) is 0.455. The van der Waals surface area contributed by atoms with Crippen LogP contribution in [0.2, 0.25) is 0 Å². The number of rotatable bonds is 12. The molecule has 1 N–H and O–H groups in total. The lowest BCUT2D eigenvalue weighted by Gasteiger charge is -2.50. The van der Waals surface area contributed by atoms with Crippen LogP contribution in [0.15, 0.2) is 72.8 Å². The number of benzene rings is 4. The van der Waals surface area contributed by atoms with Crippen molar-refractivity contribution in [3.8, 4) is 22.9 Å². The van der Waals surface area contributed by atoms with Gasteiger partial charge < -0.3 is 29.0 Å². The van der Waals surface area contributed by atoms with Crippen molar-refractivity contribution in [1.82, 2.24) is 19.8 Å². The third-order valence-corrected chi connectivity index (χ3v) is 12.4. The number of halogens is 2. The first-order chi connectivity index (χ1) is 27.1. The van der Waals surface area contributed by atoms with Gasteiger partial charge in [0.25, 0.3) is 0 Å². The van der Waals surface area contributed by atoms with Crippen LogP contribution >= 0.6 is 0 Å². The highest BCUT2D eigenvalue weighted by Crippen LogP contribution is 2.48. The van der Waals surface area contributed by atoms with Crippen molar-refractivity contribution in [2.75, 3.05) is 71.3 Å². The highest BCUT2D eigenvalue weighted by Gasteiger charge is 2.52. The Kier molecular flexibility index (Phi) is 9.82. The minimum absolute atomic E-state index is 0.0166. The van der Waals surface area contributed by atoms with Crippen molar-refractivity contribution in [1.29, 1.82) is 0 Å². The predicted octanol–water partition coefficient (Wildman–Crippen LogP) is 6.76. The Morgan fingerprint density at radius 3 is 2.45 bits per heavy atom. The van der Waals surface area contributed by atoms with Crippen LogP contribution in [0.5, 0.6) is 11.8 Å². The molecule has 294 valence electrons. The van der Waals surface area contributed by atoms with Gasteiger partial charge in [-0.3, -0.25) is 9.80 Å². The van der Waals surface area contributed by atoms with E-state index in [1.54, 1.807) is 6.07 Å². The molecule has 0 spiro atoms. The van der Waals surface area contributed by atoms with Crippen molar-refractivity contribution in [2.24, 2.45) is 5.41 Å². The standard InChI is InChI=1S/C44H49F2N5O5/c1-43(2,29-10-5-4-6-11-29)51-30-20-37(52)36(51)24-50(23-30)41-34-22-35(45)38(33-21-31(56-27-53-3)19-28-9-7-8-12-32(28)33)39(46)40(34)47-42(48-41)55-26-44(13-14-44)25-49-15-17-54-18-16-49/h4-12,19,21-22,30,36-37,52H,13-18,20,23-27H2,1-3H3/t30-,36-,37+/m1/s1. The Bertz CT molecular complexity index is 2230. The van der Waals surface area contributed by atoms with Crippen LogP contribution in [0.1, 0.15) is 38.7 Å². The summed E-state index contributed by atoms with van der Waals surface area (Å²) in [4.78, 5) is 16.5. The first-order valence-corrected chi connectivity index (χ1v) is 19.7. The van der Waals surface area contributed by atoms with E-state index >= 15 is 8.78 Å². The van der Waals surface area contributed by atoms with Gasteiger partial charge in [-0.15, -0.1) is 0 Å². The molecule has 5 aromatic rings. The molecule has 1 saturated carbocycles. The number of hydrogen-bond donors (Lipinski definition) is 1. The highest BCUT2D eigenvalue weighted by atomic mass is 19.1. The molecule has 12 heteroatoms. The fourth-order valence-electron chi connectivity index (χ4n) is 9.36. The molecule has 3 saturated heterocycles. The molecular weight excluding hydrogens is 717 g/mol. The molecule has 2 bridgehead atoms. The van der Waals surface area contributed by atoms with Crippen molar-refractivity contribution in [3.63, 3.8) is 0 Å². The van der Waals surface area contributed by atoms with Crippen LogP contribution in [0.25, 0.3) is 32.8 Å². The Morgan fingerprint density at radius 1 is 0.929 bits per heavy atom. The van der Waals surface area contributed by atoms with E-state index in [4.69, 9.17) is 28.9 Å². The quantitative estimate of drug-likeness (QED) is 0.138. The van der Waals surface area contributed by atoms with E-state index in [2.05, 4.69) is 40.7 Å². The first-order valence-electron chi connectivity index (χ1n) is 19.7. The maximum atomic E-state index is 17.3. The van der Waals surface area contributed by atoms with Gasteiger partial charge in [-0.2, -0.15) is 9.97 Å². The van der Waals surface area contributed by atoms with Crippen LogP contribution < -0.4 is 14.4 Å². The van der Waals surface area contributed by atoms with Gasteiger partial charge in [-0.05, 0) is 73.2 Å². The van der Waals surface area contributed by atoms with Crippen molar-refractivity contribution < 1.29 is 32.8 Å². The predicted molar refractivity (Wildman–Crippen MR) is 211 cm³/mol. The number of aromatic nitrogens is 2. The summed E-state index contributed by atoms with van der Waals surface area (Å²) in [7, 11) is 1.52. The summed E-state index contributed by atoms with van der Waals surface area (Å²) in [6, 6.07) is 22.4. The molecule has 0 radical (unpaired) electrons. The lowest BCUT2D eigenvalue weighted by Crippen LogP contribution is -2.61. The number of anilines is 1. The van der Waals surface area contributed by atoms with E-state index in [-0.39, 0.29) is 52.3 Å². The summed E-state index contributed by atoms with van der Waals surface area (Å²) in [6.07, 6.45) is 2.04. The highest BCUT2D eigenvalue weighted by molar-refractivity contribution is 6.01. The van der Waals surface area contributed by atoms with E-state index < -0.39 is 17.7 Å². The van der Waals surface area contributed by atoms with E-state index in [1.165, 1.54) is 13.2 Å². The summed E-state index contributed by atoms with van der Waals surface area (Å²) in [5.74, 6) is -0.719. The zero-order valence-electron chi connectivity index (χ0n) is 32.2. The van der Waals surface area contributed by atoms with E-state index in [0.29, 0.717) is 48.6 Å². The Hall–Kier alpha value is -4.46. The average molecular weight is 766 g/mol. The first kappa shape index (κ1) is 37.1. The molecule has 4 fully saturated rings. The second kappa shape index (κ2) is 14.8. The third-order valence-electron chi connectivity index (χ3n) is 12.4. The summed E-state index contributed by atoms with van der Waals surface area (Å²) in [5, 5.41) is 13.2. The van der Waals surface area contributed by atoms with Gasteiger partial charge in [0.05, 0.1) is 37.5 Å². The number of aliphatic hydroxyl groups is 1. The van der Waals surface area contributed by atoms with E-state index in [9.17, 15) is 5.11 Å². The maximum Gasteiger partial charge on any atom is 0.319 e. The minimum atomic E-state index is -0.802. The van der Waals surface area contributed by atoms with Crippen LogP contribution in [0.4, 0.5) is 14.6 Å². The number of methoxy groups -OCH3 is 1. The van der Waals surface area contributed by atoms with Crippen LogP contribution in [-0.4, -0.2) is 110 Å². The molecule has 0 unspecified atom stereocenters. The summed E-state index contributed by atoms with van der Waals surface area (Å²) >= 11 is 0. The molecule has 3 atom stereocenters. The average Bonchev–Trinajstić information content (AvgIpc) is 3.94. The van der Waals surface area contributed by atoms with Gasteiger partial charge in [0.15, 0.2) is 12.6 Å². The van der Waals surface area contributed by atoms with Crippen LogP contribution in [0, 0.1) is 17.0 Å². The minimum Gasteiger partial charge on any atom is -0.468 e. The molecular formula is C44H49F2N5O5. The summed E-state index contributed by atoms with van der Waals surface area (Å²) in [5.41, 5.74) is 0.872. The molecule has 1 aromatic heterocycles. The lowest BCUT2D eigenvalue weighted by molar-refractivity contribution is 0.0219. The molecule has 4 heterocycles. The van der Waals surface area contributed by atoms with E-state index in [0.717, 1.165) is 56.6 Å². The summed E-state index contributed by atoms with van der Waals surface area (Å²) < 4.78 is 57.0. The maximum absolute atomic E-state index is 17.3. The monoisotopic (exact) mass is 765 g/mol. The second-order valence-electron chi connectivity index (χ2n) is 16.5. The largest absolute Gasteiger partial charge is 0.468 e. The van der Waals surface area contributed by atoms with Crippen molar-refractivity contribution >= 4 is 27.5 Å². The third kappa shape index (κ3) is 6.85. The smallest absolute Gasteiger partial charge is 0.319 e. The van der Waals surface area contributed by atoms with Gasteiger partial charge in [0.2, 0.25) is 0 Å². The number of hydrogen-bond acceptors (Lipinski definition) is 10. The Morgan fingerprint density at radius 2 is 1.70 bits per heavy atom. The number of aliphatic hydroxyl groups excluding tert-OH is 1. The molecule has 4 aliphatic rings. The number of morpholine rings is 1. The zero-order chi connectivity index (χ0) is 38.6. The molecule has 56 heavy (non-hydrogen) atoms. The molecule has 1 aliphatic carbocycles. The van der Waals surface area contributed by atoms with Crippen LogP contribution in [-0.2, 0) is 15.0 Å². The number of piperazine rings is 1. The topological polar surface area (TPSA) is 92.7 Å². The van der Waals surface area contributed by atoms with Gasteiger partial charge >= 0.3 is 6.01 Å². The molecule has 10 nitrogen and oxygen atoms in total. The van der Waals surface area contributed by atoms with Gasteiger partial charge in [0.1, 0.15) is 22.9 Å². The molecule has 4 aromatic carbocycles. The second-order valence-corrected chi connectivity index (χ2v) is 16.5. The fourth-order valence-corrected chi connectivity index (χ4v) is 9.36. The van der Waals surface area contributed by atoms with Gasteiger partial charge in [-0.25, -0.2) is 8.78 Å². The SMILES string of the molecule is COCOc1cc(-c2c(F)cc3c(N4C[C@H]5C[C@H](O)[C@@H](C4)N5C(C)(C)c4ccccc4)nc(OCC4(CN5CCOCC5)CC4)nc3c2F)c2ccccc2c1. The molecule has 0 amide bonds.